The molecular formula is C30H50F2N4O7. The zero-order chi connectivity index (χ0) is 33.3. The summed E-state index contributed by atoms with van der Waals surface area (Å²) in [6.45, 7) is 19.5. The van der Waals surface area contributed by atoms with E-state index >= 15 is 0 Å². The van der Waals surface area contributed by atoms with Gasteiger partial charge in [0.25, 0.3) is 0 Å². The molecule has 13 heteroatoms. The van der Waals surface area contributed by atoms with Gasteiger partial charge < -0.3 is 30.3 Å². The molecule has 1 aliphatic carbocycles. The number of alkyl halides is 2. The third-order valence-electron chi connectivity index (χ3n) is 7.63. The summed E-state index contributed by atoms with van der Waals surface area (Å²) in [7, 11) is 0. The highest BCUT2D eigenvalue weighted by Crippen LogP contribution is 2.65. The lowest BCUT2D eigenvalue weighted by Crippen LogP contribution is -2.61. The Hall–Kier alpha value is -2.99. The van der Waals surface area contributed by atoms with Crippen molar-refractivity contribution in [3.8, 4) is 0 Å². The molecule has 2 fully saturated rings. The number of halogens is 2. The van der Waals surface area contributed by atoms with Crippen LogP contribution in [-0.2, 0) is 28.7 Å². The molecule has 11 nitrogen and oxygen atoms in total. The number of nitrogens with one attached hydrogen (secondary N) is 3. The summed E-state index contributed by atoms with van der Waals surface area (Å²) in [5.74, 6) is -2.97. The van der Waals surface area contributed by atoms with Crippen molar-refractivity contribution in [2.75, 3.05) is 13.1 Å². The number of carbonyl (C=O) groups excluding carboxylic acids is 5. The maximum absolute atomic E-state index is 13.9. The summed E-state index contributed by atoms with van der Waals surface area (Å²) in [6, 6.07) is -3.68. The Bertz CT molecular complexity index is 1080. The number of nitrogens with zero attached hydrogens (tertiary/aromatic N) is 1. The van der Waals surface area contributed by atoms with Crippen molar-refractivity contribution >= 4 is 29.8 Å². The Balaban J connectivity index is 2.22. The van der Waals surface area contributed by atoms with Crippen molar-refractivity contribution in [1.29, 1.82) is 0 Å². The van der Waals surface area contributed by atoms with Gasteiger partial charge in [0, 0.05) is 19.5 Å². The maximum atomic E-state index is 13.9. The van der Waals surface area contributed by atoms with E-state index in [-0.39, 0.29) is 36.8 Å². The van der Waals surface area contributed by atoms with Gasteiger partial charge in [0.05, 0.1) is 6.42 Å². The van der Waals surface area contributed by atoms with Crippen LogP contribution in [0.5, 0.6) is 0 Å². The monoisotopic (exact) mass is 616 g/mol. The molecule has 0 aromatic heterocycles. The molecule has 0 bridgehead atoms. The van der Waals surface area contributed by atoms with E-state index in [9.17, 15) is 32.8 Å². The molecular weight excluding hydrogens is 566 g/mol. The van der Waals surface area contributed by atoms with Gasteiger partial charge in [0.2, 0.25) is 24.1 Å². The van der Waals surface area contributed by atoms with Gasteiger partial charge in [-0.15, -0.1) is 0 Å². The third-order valence-corrected chi connectivity index (χ3v) is 7.63. The molecule has 2 aliphatic rings. The molecule has 0 aromatic carbocycles. The second-order valence-electron chi connectivity index (χ2n) is 15.1. The molecule has 1 aliphatic heterocycles. The average Bonchev–Trinajstić information content (AvgIpc) is 3.11. The van der Waals surface area contributed by atoms with E-state index < -0.39 is 77.4 Å². The fourth-order valence-electron chi connectivity index (χ4n) is 5.52. The number of amides is 4. The first kappa shape index (κ1) is 36.2. The normalized spacial score (nSPS) is 22.7. The van der Waals surface area contributed by atoms with Gasteiger partial charge >= 0.3 is 12.1 Å². The van der Waals surface area contributed by atoms with E-state index in [1.54, 1.807) is 62.3 Å². The fraction of sp³-hybridized carbons (Fsp3) is 0.833. The summed E-state index contributed by atoms with van der Waals surface area (Å²) in [6.07, 6.45) is -4.82. The zero-order valence-corrected chi connectivity index (χ0v) is 27.4. The zero-order valence-electron chi connectivity index (χ0n) is 27.4. The lowest BCUT2D eigenvalue weighted by atomic mass is 9.85. The molecule has 1 saturated carbocycles. The molecule has 2 unspecified atom stereocenters. The van der Waals surface area contributed by atoms with Gasteiger partial charge in [-0.3, -0.25) is 19.2 Å². The Kier molecular flexibility index (Phi) is 10.9. The van der Waals surface area contributed by atoms with Crippen molar-refractivity contribution in [3.63, 3.8) is 0 Å². The fourth-order valence-corrected chi connectivity index (χ4v) is 5.52. The van der Waals surface area contributed by atoms with Gasteiger partial charge in [-0.1, -0.05) is 34.6 Å². The number of fused-ring (bicyclic) bond motifs is 1. The molecule has 4 amide bonds. The van der Waals surface area contributed by atoms with Crippen molar-refractivity contribution < 1.29 is 42.2 Å². The minimum Gasteiger partial charge on any atom is -0.460 e. The molecule has 1 saturated heterocycles. The summed E-state index contributed by atoms with van der Waals surface area (Å²) >= 11 is 0. The van der Waals surface area contributed by atoms with Crippen LogP contribution < -0.4 is 16.0 Å². The number of ether oxygens (including phenoxy) is 2. The Morgan fingerprint density at radius 3 is 1.95 bits per heavy atom. The first-order valence-electron chi connectivity index (χ1n) is 14.7. The van der Waals surface area contributed by atoms with Crippen LogP contribution in [0.2, 0.25) is 0 Å². The van der Waals surface area contributed by atoms with Crippen LogP contribution in [0.4, 0.5) is 13.6 Å². The summed E-state index contributed by atoms with van der Waals surface area (Å²) in [5, 5.41) is 7.51. The lowest BCUT2D eigenvalue weighted by molar-refractivity contribution is -0.154. The Morgan fingerprint density at radius 1 is 0.907 bits per heavy atom. The highest BCUT2D eigenvalue weighted by molar-refractivity contribution is 5.95. The van der Waals surface area contributed by atoms with E-state index in [4.69, 9.17) is 9.47 Å². The molecule has 0 aromatic rings. The summed E-state index contributed by atoms with van der Waals surface area (Å²) in [5.41, 5.74) is -2.57. The van der Waals surface area contributed by atoms with Crippen LogP contribution in [-0.4, -0.2) is 83.5 Å². The topological polar surface area (TPSA) is 143 Å². The molecule has 0 spiro atoms. The third kappa shape index (κ3) is 10.0. The van der Waals surface area contributed by atoms with Crippen molar-refractivity contribution in [2.45, 2.75) is 125 Å². The van der Waals surface area contributed by atoms with E-state index in [0.717, 1.165) is 0 Å². The highest BCUT2D eigenvalue weighted by Gasteiger charge is 2.70. The SMILES string of the molecule is CC(C)(C)OC(=O)CCNC(=O)[C@H](CC(F)F)NC(=O)[C@@H]1C2C(CN1C(=O)[C@@H](NC(=O)OC(C)(C)C)C(C)(C)C)C2(C)C. The first-order chi connectivity index (χ1) is 19.3. The molecule has 246 valence electrons. The van der Waals surface area contributed by atoms with Crippen molar-refractivity contribution in [1.82, 2.24) is 20.9 Å². The second kappa shape index (κ2) is 12.9. The van der Waals surface area contributed by atoms with E-state index in [0.29, 0.717) is 0 Å². The Labute approximate surface area is 253 Å². The number of carbonyl (C=O) groups is 5. The molecule has 1 heterocycles. The molecule has 43 heavy (non-hydrogen) atoms. The average molecular weight is 617 g/mol. The van der Waals surface area contributed by atoms with Crippen LogP contribution >= 0.6 is 0 Å². The number of hydrogen-bond donors (Lipinski definition) is 3. The number of esters is 1. The maximum Gasteiger partial charge on any atom is 0.408 e. The van der Waals surface area contributed by atoms with Crippen LogP contribution in [0.1, 0.15) is 89.0 Å². The quantitative estimate of drug-likeness (QED) is 0.319. The number of hydrogen-bond acceptors (Lipinski definition) is 7. The number of rotatable bonds is 10. The van der Waals surface area contributed by atoms with E-state index in [2.05, 4.69) is 16.0 Å². The predicted octanol–water partition coefficient (Wildman–Crippen LogP) is 3.40. The molecule has 5 atom stereocenters. The highest BCUT2D eigenvalue weighted by atomic mass is 19.3. The van der Waals surface area contributed by atoms with Crippen LogP contribution in [0.3, 0.4) is 0 Å². The standard InChI is InChI=1S/C30H50F2N4O7/c1-27(2,3)22(35-26(41)43-29(7,8)9)25(40)36-15-16-20(30(16,10)11)21(36)24(39)34-17(14-18(31)32)23(38)33-13-12-19(37)42-28(4,5)6/h16-18,20-22H,12-15H2,1-11H3,(H,33,38)(H,34,39)(H,35,41)/t16?,17-,20?,21-,22+/m0/s1. The minimum atomic E-state index is -2.91. The number of piperidine rings is 1. The van der Waals surface area contributed by atoms with Crippen LogP contribution in [0.25, 0.3) is 0 Å². The summed E-state index contributed by atoms with van der Waals surface area (Å²) in [4.78, 5) is 66.4. The summed E-state index contributed by atoms with van der Waals surface area (Å²) < 4.78 is 37.5. The van der Waals surface area contributed by atoms with Gasteiger partial charge in [-0.2, -0.15) is 0 Å². The predicted molar refractivity (Wildman–Crippen MR) is 155 cm³/mol. The van der Waals surface area contributed by atoms with Gasteiger partial charge in [-0.05, 0) is 64.2 Å². The second-order valence-corrected chi connectivity index (χ2v) is 15.1. The molecule has 3 N–H and O–H groups in total. The van der Waals surface area contributed by atoms with Crippen LogP contribution in [0, 0.1) is 22.7 Å². The smallest absolute Gasteiger partial charge is 0.408 e. The van der Waals surface area contributed by atoms with Gasteiger partial charge in [-0.25, -0.2) is 13.6 Å². The minimum absolute atomic E-state index is 0.0226. The van der Waals surface area contributed by atoms with Crippen molar-refractivity contribution in [3.05, 3.63) is 0 Å². The Morgan fingerprint density at radius 2 is 1.47 bits per heavy atom. The van der Waals surface area contributed by atoms with E-state index in [1.807, 2.05) is 13.8 Å². The van der Waals surface area contributed by atoms with E-state index in [1.165, 1.54) is 4.90 Å². The van der Waals surface area contributed by atoms with Gasteiger partial charge in [0.15, 0.2) is 0 Å². The van der Waals surface area contributed by atoms with Crippen molar-refractivity contribution in [2.24, 2.45) is 22.7 Å². The lowest BCUT2D eigenvalue weighted by Gasteiger charge is -2.38. The number of alkyl carbamates (subject to hydrolysis) is 1. The number of likely N-dealkylation sites (tertiary alicyclic amines) is 1. The molecule has 0 radical (unpaired) electrons. The van der Waals surface area contributed by atoms with Gasteiger partial charge in [0.1, 0.15) is 29.3 Å². The first-order valence-corrected chi connectivity index (χ1v) is 14.7. The molecule has 2 rings (SSSR count). The largest absolute Gasteiger partial charge is 0.460 e. The van der Waals surface area contributed by atoms with Crippen LogP contribution in [0.15, 0.2) is 0 Å².